The molecule has 0 radical (unpaired) electrons. The van der Waals surface area contributed by atoms with Crippen LogP contribution >= 0.6 is 0 Å². The van der Waals surface area contributed by atoms with Crippen molar-refractivity contribution in [2.45, 2.75) is 70.4 Å². The van der Waals surface area contributed by atoms with Crippen LogP contribution in [0.1, 0.15) is 62.0 Å². The van der Waals surface area contributed by atoms with E-state index in [-0.39, 0.29) is 24.0 Å². The minimum absolute atomic E-state index is 0.0309. The number of rotatable bonds is 5. The number of nitrogens with two attached hydrogens (primary N) is 1. The summed E-state index contributed by atoms with van der Waals surface area (Å²) in [5.74, 6) is 0.856. The van der Waals surface area contributed by atoms with Crippen LogP contribution in [0.25, 0.3) is 11.0 Å². The summed E-state index contributed by atoms with van der Waals surface area (Å²) in [4.78, 5) is 31.3. The van der Waals surface area contributed by atoms with Crippen molar-refractivity contribution in [3.8, 4) is 0 Å². The first-order valence-electron chi connectivity index (χ1n) is 12.7. The zero-order valence-electron chi connectivity index (χ0n) is 20.6. The molecule has 1 aromatic heterocycles. The molecule has 0 bridgehead atoms. The summed E-state index contributed by atoms with van der Waals surface area (Å²) < 4.78 is 7.51. The average molecular weight is 475 g/mol. The lowest BCUT2D eigenvalue weighted by molar-refractivity contribution is -0.122. The molecule has 2 aromatic carbocycles. The van der Waals surface area contributed by atoms with Gasteiger partial charge < -0.3 is 15.0 Å². The van der Waals surface area contributed by atoms with Crippen molar-refractivity contribution in [1.29, 1.82) is 0 Å². The molecule has 35 heavy (non-hydrogen) atoms. The zero-order chi connectivity index (χ0) is 24.5. The molecule has 0 saturated heterocycles. The summed E-state index contributed by atoms with van der Waals surface area (Å²) >= 11 is 0. The molecule has 2 heterocycles. The second-order valence-electron chi connectivity index (χ2n) is 9.95. The van der Waals surface area contributed by atoms with Gasteiger partial charge in [0.25, 0.3) is 0 Å². The van der Waals surface area contributed by atoms with Crippen LogP contribution < -0.4 is 10.6 Å². The lowest BCUT2D eigenvalue weighted by atomic mass is 9.85. The van der Waals surface area contributed by atoms with Gasteiger partial charge in [-0.2, -0.15) is 0 Å². The fourth-order valence-corrected chi connectivity index (χ4v) is 5.93. The maximum absolute atomic E-state index is 12.6. The smallest absolute Gasteiger partial charge is 0.414 e. The maximum atomic E-state index is 12.6. The number of aryl methyl sites for hydroxylation is 3. The van der Waals surface area contributed by atoms with Crippen molar-refractivity contribution in [3.63, 3.8) is 0 Å². The Balaban J connectivity index is 1.56. The molecule has 3 aromatic rings. The number of fused-ring (bicyclic) bond motifs is 3. The number of imidazole rings is 1. The standard InChI is InChI=1S/C28H34N4O3/c1-18-8-14-22-23(31(18)28(34)35-2)15-16-24-26(22)30-25(17-9-19-6-4-3-5-7-19)32(24)21-12-10-20(11-13-21)27(29)33/h3-7,15-16,18,20-21H,8-14,17H2,1-2H3,(H2,29,33)/t18-,20-,21-/m0/s1. The Morgan fingerprint density at radius 1 is 1.03 bits per heavy atom. The third-order valence-electron chi connectivity index (χ3n) is 7.84. The molecule has 7 nitrogen and oxygen atoms in total. The minimum Gasteiger partial charge on any atom is -0.452 e. The third-order valence-corrected chi connectivity index (χ3v) is 7.84. The summed E-state index contributed by atoms with van der Waals surface area (Å²) in [7, 11) is 1.43. The van der Waals surface area contributed by atoms with E-state index in [2.05, 4.69) is 47.9 Å². The van der Waals surface area contributed by atoms with Gasteiger partial charge in [-0.3, -0.25) is 9.69 Å². The van der Waals surface area contributed by atoms with Crippen LogP contribution in [0.2, 0.25) is 0 Å². The molecule has 2 aliphatic rings. The predicted molar refractivity (Wildman–Crippen MR) is 136 cm³/mol. The Kier molecular flexibility index (Phi) is 6.50. The molecule has 1 aliphatic carbocycles. The van der Waals surface area contributed by atoms with Gasteiger partial charge in [-0.25, -0.2) is 9.78 Å². The Morgan fingerprint density at radius 2 is 1.77 bits per heavy atom. The summed E-state index contributed by atoms with van der Waals surface area (Å²) in [6.45, 7) is 2.06. The van der Waals surface area contributed by atoms with E-state index in [0.29, 0.717) is 6.04 Å². The third kappa shape index (κ3) is 4.40. The van der Waals surface area contributed by atoms with E-state index in [1.54, 1.807) is 4.90 Å². The van der Waals surface area contributed by atoms with E-state index >= 15 is 0 Å². The maximum Gasteiger partial charge on any atom is 0.414 e. The molecule has 1 saturated carbocycles. The second-order valence-corrected chi connectivity index (χ2v) is 9.95. The van der Waals surface area contributed by atoms with E-state index in [1.165, 1.54) is 12.7 Å². The number of hydrogen-bond acceptors (Lipinski definition) is 4. The van der Waals surface area contributed by atoms with Crippen molar-refractivity contribution in [1.82, 2.24) is 9.55 Å². The van der Waals surface area contributed by atoms with Crippen molar-refractivity contribution < 1.29 is 14.3 Å². The fourth-order valence-electron chi connectivity index (χ4n) is 5.93. The quantitative estimate of drug-likeness (QED) is 0.567. The average Bonchev–Trinajstić information content (AvgIpc) is 3.26. The van der Waals surface area contributed by atoms with Gasteiger partial charge in [-0.15, -0.1) is 0 Å². The zero-order valence-corrected chi connectivity index (χ0v) is 20.6. The number of anilines is 1. The van der Waals surface area contributed by atoms with E-state index < -0.39 is 0 Å². The Labute approximate surface area is 206 Å². The molecular formula is C28H34N4O3. The number of carbonyl (C=O) groups is 2. The van der Waals surface area contributed by atoms with Gasteiger partial charge in [0.15, 0.2) is 0 Å². The fraction of sp³-hybridized carbons (Fsp3) is 0.464. The van der Waals surface area contributed by atoms with Crippen LogP contribution in [0.15, 0.2) is 42.5 Å². The number of methoxy groups -OCH3 is 1. The summed E-state index contributed by atoms with van der Waals surface area (Å²) in [5, 5.41) is 0. The summed E-state index contributed by atoms with van der Waals surface area (Å²) in [6.07, 6.45) is 6.63. The number of ether oxygens (including phenoxy) is 1. The molecule has 1 atom stereocenters. The van der Waals surface area contributed by atoms with Crippen molar-refractivity contribution in [3.05, 3.63) is 59.4 Å². The number of aromatic nitrogens is 2. The van der Waals surface area contributed by atoms with E-state index in [9.17, 15) is 9.59 Å². The van der Waals surface area contributed by atoms with Gasteiger partial charge in [0.05, 0.1) is 23.8 Å². The van der Waals surface area contributed by atoms with Crippen molar-refractivity contribution >= 4 is 28.7 Å². The van der Waals surface area contributed by atoms with Crippen LogP contribution in [0, 0.1) is 5.92 Å². The highest BCUT2D eigenvalue weighted by Gasteiger charge is 2.33. The van der Waals surface area contributed by atoms with Crippen LogP contribution in [0.5, 0.6) is 0 Å². The van der Waals surface area contributed by atoms with Crippen LogP contribution in [0.3, 0.4) is 0 Å². The Bertz CT molecular complexity index is 1230. The molecular weight excluding hydrogens is 440 g/mol. The first-order chi connectivity index (χ1) is 17.0. The molecule has 1 fully saturated rings. The summed E-state index contributed by atoms with van der Waals surface area (Å²) in [6, 6.07) is 15.0. The van der Waals surface area contributed by atoms with E-state index in [4.69, 9.17) is 15.5 Å². The van der Waals surface area contributed by atoms with Gasteiger partial charge in [-0.05, 0) is 69.6 Å². The van der Waals surface area contributed by atoms with Gasteiger partial charge in [0, 0.05) is 30.0 Å². The molecule has 2 N–H and O–H groups in total. The Morgan fingerprint density at radius 3 is 2.46 bits per heavy atom. The molecule has 0 spiro atoms. The first-order valence-corrected chi connectivity index (χ1v) is 12.7. The molecule has 5 rings (SSSR count). The highest BCUT2D eigenvalue weighted by molar-refractivity contribution is 5.95. The predicted octanol–water partition coefficient (Wildman–Crippen LogP) is 4.95. The van der Waals surface area contributed by atoms with Gasteiger partial charge in [0.2, 0.25) is 5.91 Å². The summed E-state index contributed by atoms with van der Waals surface area (Å²) in [5.41, 5.74) is 11.0. The number of benzene rings is 2. The minimum atomic E-state index is -0.327. The highest BCUT2D eigenvalue weighted by atomic mass is 16.5. The highest BCUT2D eigenvalue weighted by Crippen LogP contribution is 2.40. The number of carbonyl (C=O) groups excluding carboxylic acids is 2. The normalized spacial score (nSPS) is 22.1. The number of amides is 2. The van der Waals surface area contributed by atoms with E-state index in [0.717, 1.165) is 79.5 Å². The van der Waals surface area contributed by atoms with Crippen molar-refractivity contribution in [2.24, 2.45) is 11.7 Å². The Hall–Kier alpha value is -3.35. The van der Waals surface area contributed by atoms with Crippen molar-refractivity contribution in [2.75, 3.05) is 12.0 Å². The number of hydrogen-bond donors (Lipinski definition) is 1. The van der Waals surface area contributed by atoms with Gasteiger partial charge in [0.1, 0.15) is 5.82 Å². The van der Waals surface area contributed by atoms with Gasteiger partial charge in [-0.1, -0.05) is 30.3 Å². The topological polar surface area (TPSA) is 90.4 Å². The molecule has 0 unspecified atom stereocenters. The van der Waals surface area contributed by atoms with Gasteiger partial charge >= 0.3 is 6.09 Å². The SMILES string of the molecule is COC(=O)N1c2ccc3c(nc(CCc4ccccc4)n3[C@H]3CC[C@H](C(N)=O)CC3)c2CC[C@@H]1C. The van der Waals surface area contributed by atoms with E-state index in [1.807, 2.05) is 6.07 Å². The first kappa shape index (κ1) is 23.4. The molecule has 184 valence electrons. The van der Waals surface area contributed by atoms with Crippen LogP contribution in [-0.4, -0.2) is 34.7 Å². The largest absolute Gasteiger partial charge is 0.452 e. The van der Waals surface area contributed by atoms with Crippen LogP contribution in [0.4, 0.5) is 10.5 Å². The monoisotopic (exact) mass is 474 g/mol. The molecule has 2 amide bonds. The number of nitrogens with zero attached hydrogens (tertiary/aromatic N) is 3. The molecule has 1 aliphatic heterocycles. The lowest BCUT2D eigenvalue weighted by Gasteiger charge is -2.34. The number of primary amides is 1. The second kappa shape index (κ2) is 9.72. The van der Waals surface area contributed by atoms with Crippen LogP contribution in [-0.2, 0) is 28.8 Å². The lowest BCUT2D eigenvalue weighted by Crippen LogP contribution is -2.42. The molecule has 7 heteroatoms.